The van der Waals surface area contributed by atoms with E-state index >= 15 is 0 Å². The minimum atomic E-state index is -0.119. The number of nitrogens with one attached hydrogen (secondary N) is 1. The van der Waals surface area contributed by atoms with Crippen LogP contribution in [0.5, 0.6) is 0 Å². The quantitative estimate of drug-likeness (QED) is 0.844. The zero-order chi connectivity index (χ0) is 15.4. The summed E-state index contributed by atoms with van der Waals surface area (Å²) in [6, 6.07) is 5.20. The molecule has 7 heteroatoms. The van der Waals surface area contributed by atoms with Gasteiger partial charge >= 0.3 is 4.87 Å². The molecule has 0 aliphatic carbocycles. The van der Waals surface area contributed by atoms with E-state index in [0.717, 1.165) is 22.7 Å². The van der Waals surface area contributed by atoms with Crippen LogP contribution < -0.4 is 4.87 Å². The molecule has 0 spiro atoms. The first-order valence-electron chi connectivity index (χ1n) is 6.55. The molecule has 0 saturated carbocycles. The van der Waals surface area contributed by atoms with Crippen LogP contribution in [-0.2, 0) is 6.54 Å². The molecule has 21 heavy (non-hydrogen) atoms. The minimum absolute atomic E-state index is 0.0875. The lowest BCUT2D eigenvalue weighted by molar-refractivity contribution is 0.198. The van der Waals surface area contributed by atoms with Crippen molar-refractivity contribution in [1.29, 1.82) is 0 Å². The van der Waals surface area contributed by atoms with E-state index in [4.69, 9.17) is 28.3 Å². The zero-order valence-corrected chi connectivity index (χ0v) is 13.9. The molecule has 2 aromatic rings. The summed E-state index contributed by atoms with van der Waals surface area (Å²) < 4.78 is 0. The Kier molecular flexibility index (Phi) is 5.84. The van der Waals surface area contributed by atoms with Gasteiger partial charge in [0.2, 0.25) is 0 Å². The fraction of sp³-hybridized carbons (Fsp3) is 0.357. The van der Waals surface area contributed by atoms with Gasteiger partial charge in [-0.15, -0.1) is 0 Å². The van der Waals surface area contributed by atoms with Gasteiger partial charge in [-0.25, -0.2) is 0 Å². The molecule has 2 rings (SSSR count). The lowest BCUT2D eigenvalue weighted by atomic mass is 10.1. The molecular formula is C14H16Cl2N2O2S. The van der Waals surface area contributed by atoms with Gasteiger partial charge in [0.15, 0.2) is 0 Å². The van der Waals surface area contributed by atoms with Crippen LogP contribution in [0.15, 0.2) is 23.0 Å². The minimum Gasteiger partial charge on any atom is -0.395 e. The van der Waals surface area contributed by atoms with E-state index in [9.17, 15) is 4.79 Å². The fourth-order valence-corrected chi connectivity index (χ4v) is 3.46. The highest BCUT2D eigenvalue weighted by Crippen LogP contribution is 2.32. The Morgan fingerprint density at radius 3 is 2.76 bits per heavy atom. The number of rotatable bonds is 6. The number of aromatic amines is 1. The van der Waals surface area contributed by atoms with Gasteiger partial charge in [-0.3, -0.25) is 9.69 Å². The molecule has 1 heterocycles. The van der Waals surface area contributed by atoms with E-state index in [2.05, 4.69) is 9.88 Å². The van der Waals surface area contributed by atoms with Gasteiger partial charge < -0.3 is 10.1 Å². The second-order valence-electron chi connectivity index (χ2n) is 4.53. The van der Waals surface area contributed by atoms with Crippen molar-refractivity contribution in [2.75, 3.05) is 19.7 Å². The largest absolute Gasteiger partial charge is 0.395 e. The Labute approximate surface area is 136 Å². The number of benzene rings is 1. The molecule has 0 unspecified atom stereocenters. The molecule has 0 saturated heterocycles. The van der Waals surface area contributed by atoms with Crippen LogP contribution in [0.4, 0.5) is 0 Å². The molecule has 2 N–H and O–H groups in total. The monoisotopic (exact) mass is 346 g/mol. The third kappa shape index (κ3) is 4.08. The zero-order valence-electron chi connectivity index (χ0n) is 11.5. The van der Waals surface area contributed by atoms with E-state index in [-0.39, 0.29) is 11.5 Å². The van der Waals surface area contributed by atoms with Crippen molar-refractivity contribution in [1.82, 2.24) is 9.88 Å². The molecule has 4 nitrogen and oxygen atoms in total. The molecular weight excluding hydrogens is 331 g/mol. The number of hydrogen-bond donors (Lipinski definition) is 2. The summed E-state index contributed by atoms with van der Waals surface area (Å²) in [5, 5.41) is 10.1. The number of H-pyrrole nitrogens is 1. The van der Waals surface area contributed by atoms with Crippen molar-refractivity contribution < 1.29 is 5.11 Å². The van der Waals surface area contributed by atoms with Gasteiger partial charge in [0.05, 0.1) is 17.3 Å². The van der Waals surface area contributed by atoms with Crippen LogP contribution in [0.2, 0.25) is 10.0 Å². The van der Waals surface area contributed by atoms with Crippen molar-refractivity contribution in [3.63, 3.8) is 0 Å². The van der Waals surface area contributed by atoms with Gasteiger partial charge in [0.1, 0.15) is 0 Å². The fourth-order valence-electron chi connectivity index (χ4n) is 2.07. The van der Waals surface area contributed by atoms with Gasteiger partial charge in [0, 0.05) is 28.6 Å². The van der Waals surface area contributed by atoms with Gasteiger partial charge in [-0.2, -0.15) is 0 Å². The Morgan fingerprint density at radius 1 is 1.38 bits per heavy atom. The smallest absolute Gasteiger partial charge is 0.305 e. The topological polar surface area (TPSA) is 56.3 Å². The van der Waals surface area contributed by atoms with E-state index in [1.165, 1.54) is 11.3 Å². The molecule has 0 aliphatic heterocycles. The number of hydrogen-bond acceptors (Lipinski definition) is 4. The van der Waals surface area contributed by atoms with E-state index < -0.39 is 0 Å². The Bertz CT molecular complexity index is 669. The summed E-state index contributed by atoms with van der Waals surface area (Å²) in [6.45, 7) is 4.05. The molecule has 0 atom stereocenters. The highest BCUT2D eigenvalue weighted by Gasteiger charge is 2.15. The predicted molar refractivity (Wildman–Crippen MR) is 88.4 cm³/mol. The molecule has 0 radical (unpaired) electrons. The maximum atomic E-state index is 11.7. The number of aliphatic hydroxyl groups excluding tert-OH is 1. The molecule has 114 valence electrons. The van der Waals surface area contributed by atoms with Crippen LogP contribution in [-0.4, -0.2) is 34.7 Å². The predicted octanol–water partition coefficient (Wildman–Crippen LogP) is 3.22. The summed E-state index contributed by atoms with van der Waals surface area (Å²) in [5.41, 5.74) is 1.48. The number of likely N-dealkylation sites (N-methyl/N-ethyl adjacent to an activating group) is 1. The highest BCUT2D eigenvalue weighted by molar-refractivity contribution is 7.09. The van der Waals surface area contributed by atoms with Gasteiger partial charge in [-0.1, -0.05) is 41.5 Å². The van der Waals surface area contributed by atoms with Crippen LogP contribution in [0, 0.1) is 0 Å². The second-order valence-corrected chi connectivity index (χ2v) is 6.44. The summed E-state index contributed by atoms with van der Waals surface area (Å²) >= 11 is 13.3. The van der Waals surface area contributed by atoms with Gasteiger partial charge in [-0.05, 0) is 24.7 Å². The number of thiazole rings is 1. The molecule has 1 aromatic carbocycles. The molecule has 0 fully saturated rings. The van der Waals surface area contributed by atoms with E-state index in [0.29, 0.717) is 23.1 Å². The van der Waals surface area contributed by atoms with Gasteiger partial charge in [0.25, 0.3) is 0 Å². The maximum absolute atomic E-state index is 11.7. The van der Waals surface area contributed by atoms with Crippen molar-refractivity contribution in [2.45, 2.75) is 13.5 Å². The third-order valence-corrected chi connectivity index (χ3v) is 4.57. The summed E-state index contributed by atoms with van der Waals surface area (Å²) in [5.74, 6) is 0. The first kappa shape index (κ1) is 16.5. The van der Waals surface area contributed by atoms with Crippen LogP contribution in [0.3, 0.4) is 0 Å². The van der Waals surface area contributed by atoms with E-state index in [1.54, 1.807) is 18.2 Å². The standard InChI is InChI=1S/C14H16Cl2N2O2S/c1-2-18(5-6-19)8-12-13(17-14(20)21-12)10-4-3-9(15)7-11(10)16/h3-4,7,19H,2,5-6,8H2,1H3,(H,17,20). The average molecular weight is 347 g/mol. The Hall–Kier alpha value is -0.850. The van der Waals surface area contributed by atoms with Crippen molar-refractivity contribution in [3.8, 4) is 11.3 Å². The second kappa shape index (κ2) is 7.42. The summed E-state index contributed by atoms with van der Waals surface area (Å²) in [7, 11) is 0. The molecule has 0 bridgehead atoms. The van der Waals surface area contributed by atoms with Crippen LogP contribution in [0.25, 0.3) is 11.3 Å². The van der Waals surface area contributed by atoms with Crippen LogP contribution >= 0.6 is 34.5 Å². The Balaban J connectivity index is 2.38. The lowest BCUT2D eigenvalue weighted by Gasteiger charge is -2.18. The summed E-state index contributed by atoms with van der Waals surface area (Å²) in [4.78, 5) is 17.4. The first-order valence-corrected chi connectivity index (χ1v) is 8.13. The Morgan fingerprint density at radius 2 is 2.14 bits per heavy atom. The number of aromatic nitrogens is 1. The molecule has 1 aromatic heterocycles. The number of nitrogens with zero attached hydrogens (tertiary/aromatic N) is 1. The molecule has 0 aliphatic rings. The normalized spacial score (nSPS) is 11.3. The SMILES string of the molecule is CCN(CCO)Cc1sc(=O)[nH]c1-c1ccc(Cl)cc1Cl. The van der Waals surface area contributed by atoms with Crippen LogP contribution in [0.1, 0.15) is 11.8 Å². The third-order valence-electron chi connectivity index (χ3n) is 3.15. The highest BCUT2D eigenvalue weighted by atomic mass is 35.5. The molecule has 0 amide bonds. The van der Waals surface area contributed by atoms with E-state index in [1.807, 2.05) is 6.92 Å². The van der Waals surface area contributed by atoms with Crippen molar-refractivity contribution in [3.05, 3.63) is 42.8 Å². The number of halogens is 2. The average Bonchev–Trinajstić information content (AvgIpc) is 2.79. The van der Waals surface area contributed by atoms with Crippen molar-refractivity contribution >= 4 is 34.5 Å². The summed E-state index contributed by atoms with van der Waals surface area (Å²) in [6.07, 6.45) is 0. The number of aliphatic hydroxyl groups is 1. The first-order chi connectivity index (χ1) is 10.0. The maximum Gasteiger partial charge on any atom is 0.305 e. The lowest BCUT2D eigenvalue weighted by Crippen LogP contribution is -2.25. The van der Waals surface area contributed by atoms with Crippen molar-refractivity contribution in [2.24, 2.45) is 0 Å².